The molecule has 50 valence electrons. The highest BCUT2D eigenvalue weighted by Crippen LogP contribution is 2.16. The fraction of sp³-hybridized carbons (Fsp3) is 0.400. The van der Waals surface area contributed by atoms with Gasteiger partial charge in [0.2, 0.25) is 0 Å². The van der Waals surface area contributed by atoms with E-state index in [1.54, 1.807) is 10.9 Å². The van der Waals surface area contributed by atoms with Gasteiger partial charge < -0.3 is 5.73 Å². The number of nitrogen functional groups attached to an aromatic ring is 1. The monoisotopic (exact) mass is 189 g/mol. The van der Waals surface area contributed by atoms with Gasteiger partial charge in [0, 0.05) is 6.54 Å². The van der Waals surface area contributed by atoms with Crippen LogP contribution >= 0.6 is 15.9 Å². The summed E-state index contributed by atoms with van der Waals surface area (Å²) in [5, 5.41) is 3.98. The molecule has 1 heterocycles. The van der Waals surface area contributed by atoms with Crippen molar-refractivity contribution in [1.29, 1.82) is 0 Å². The van der Waals surface area contributed by atoms with Gasteiger partial charge in [0.15, 0.2) is 0 Å². The molecule has 0 aliphatic rings. The van der Waals surface area contributed by atoms with Gasteiger partial charge in [-0.25, -0.2) is 0 Å². The van der Waals surface area contributed by atoms with Crippen molar-refractivity contribution in [3.63, 3.8) is 0 Å². The Kier molecular flexibility index (Phi) is 1.75. The van der Waals surface area contributed by atoms with Crippen LogP contribution in [0.25, 0.3) is 0 Å². The number of hydrogen-bond donors (Lipinski definition) is 1. The normalized spacial score (nSPS) is 10.0. The lowest BCUT2D eigenvalue weighted by molar-refractivity contribution is 0.646. The van der Waals surface area contributed by atoms with E-state index in [9.17, 15) is 0 Å². The topological polar surface area (TPSA) is 43.8 Å². The third-order valence-corrected chi connectivity index (χ3v) is 1.97. The number of aromatic nitrogens is 2. The summed E-state index contributed by atoms with van der Waals surface area (Å²) in [5.41, 5.74) is 6.18. The average molecular weight is 190 g/mol. The molecule has 2 N–H and O–H groups in total. The van der Waals surface area contributed by atoms with Gasteiger partial charge in [-0.05, 0) is 22.9 Å². The minimum atomic E-state index is 0.692. The van der Waals surface area contributed by atoms with Gasteiger partial charge in [-0.1, -0.05) is 0 Å². The summed E-state index contributed by atoms with van der Waals surface area (Å²) in [6.45, 7) is 2.86. The maximum atomic E-state index is 5.49. The largest absolute Gasteiger partial charge is 0.395 e. The lowest BCUT2D eigenvalue weighted by Gasteiger charge is -1.94. The maximum Gasteiger partial charge on any atom is 0.126 e. The Labute approximate surface area is 62.0 Å². The number of anilines is 1. The van der Waals surface area contributed by atoms with Crippen molar-refractivity contribution in [3.8, 4) is 0 Å². The third-order valence-electron chi connectivity index (χ3n) is 1.10. The van der Waals surface area contributed by atoms with Gasteiger partial charge in [0.1, 0.15) is 4.60 Å². The number of hydrogen-bond acceptors (Lipinski definition) is 2. The maximum absolute atomic E-state index is 5.49. The molecule has 0 aliphatic carbocycles. The molecule has 0 bridgehead atoms. The molecule has 1 aromatic rings. The van der Waals surface area contributed by atoms with Crippen molar-refractivity contribution < 1.29 is 0 Å². The Morgan fingerprint density at radius 1 is 1.89 bits per heavy atom. The molecule has 0 atom stereocenters. The molecule has 4 heteroatoms. The Morgan fingerprint density at radius 3 is 2.78 bits per heavy atom. The summed E-state index contributed by atoms with van der Waals surface area (Å²) in [7, 11) is 0. The van der Waals surface area contributed by atoms with Gasteiger partial charge in [-0.3, -0.25) is 4.68 Å². The van der Waals surface area contributed by atoms with Crippen LogP contribution in [-0.2, 0) is 6.54 Å². The van der Waals surface area contributed by atoms with Crippen molar-refractivity contribution in [1.82, 2.24) is 9.78 Å². The molecule has 1 aromatic heterocycles. The van der Waals surface area contributed by atoms with E-state index in [0.29, 0.717) is 5.69 Å². The number of halogens is 1. The highest BCUT2D eigenvalue weighted by molar-refractivity contribution is 9.10. The van der Waals surface area contributed by atoms with E-state index < -0.39 is 0 Å². The molecule has 0 saturated heterocycles. The summed E-state index contributed by atoms with van der Waals surface area (Å²) in [5.74, 6) is 0. The highest BCUT2D eigenvalue weighted by atomic mass is 79.9. The predicted molar refractivity (Wildman–Crippen MR) is 40.0 cm³/mol. The first kappa shape index (κ1) is 6.61. The van der Waals surface area contributed by atoms with Gasteiger partial charge in [0.25, 0.3) is 0 Å². The Bertz CT molecular complexity index is 206. The zero-order valence-corrected chi connectivity index (χ0v) is 6.72. The summed E-state index contributed by atoms with van der Waals surface area (Å²) in [6, 6.07) is 0. The van der Waals surface area contributed by atoms with Crippen LogP contribution in [-0.4, -0.2) is 9.78 Å². The lowest BCUT2D eigenvalue weighted by Crippen LogP contribution is -1.95. The molecule has 0 aromatic carbocycles. The van der Waals surface area contributed by atoms with Gasteiger partial charge >= 0.3 is 0 Å². The summed E-state index contributed by atoms with van der Waals surface area (Å²) in [6.07, 6.45) is 1.63. The van der Waals surface area contributed by atoms with Crippen LogP contribution in [0.4, 0.5) is 5.69 Å². The fourth-order valence-corrected chi connectivity index (χ4v) is 1.05. The molecular weight excluding hydrogens is 182 g/mol. The second-order valence-corrected chi connectivity index (χ2v) is 2.46. The van der Waals surface area contributed by atoms with Gasteiger partial charge in [-0.2, -0.15) is 5.10 Å². The zero-order chi connectivity index (χ0) is 6.85. The summed E-state index contributed by atoms with van der Waals surface area (Å²) < 4.78 is 2.65. The van der Waals surface area contributed by atoms with E-state index in [4.69, 9.17) is 5.73 Å². The van der Waals surface area contributed by atoms with E-state index in [0.717, 1.165) is 11.1 Å². The molecule has 0 amide bonds. The second-order valence-electron chi connectivity index (χ2n) is 1.71. The Hall–Kier alpha value is -0.510. The van der Waals surface area contributed by atoms with Crippen molar-refractivity contribution >= 4 is 21.6 Å². The number of nitrogens with two attached hydrogens (primary N) is 1. The van der Waals surface area contributed by atoms with E-state index >= 15 is 0 Å². The van der Waals surface area contributed by atoms with E-state index in [1.807, 2.05) is 6.92 Å². The van der Waals surface area contributed by atoms with Crippen molar-refractivity contribution in [2.45, 2.75) is 13.5 Å². The van der Waals surface area contributed by atoms with Crippen LogP contribution in [0.2, 0.25) is 0 Å². The predicted octanol–water partition coefficient (Wildman–Crippen LogP) is 1.25. The molecule has 0 fully saturated rings. The van der Waals surface area contributed by atoms with Gasteiger partial charge in [0.05, 0.1) is 11.9 Å². The van der Waals surface area contributed by atoms with Crippen molar-refractivity contribution in [2.24, 2.45) is 0 Å². The number of rotatable bonds is 1. The highest BCUT2D eigenvalue weighted by Gasteiger charge is 1.99. The van der Waals surface area contributed by atoms with Crippen molar-refractivity contribution in [3.05, 3.63) is 10.8 Å². The van der Waals surface area contributed by atoms with Crippen LogP contribution in [0.3, 0.4) is 0 Å². The first-order chi connectivity index (χ1) is 4.25. The Balaban J connectivity index is 3.04. The van der Waals surface area contributed by atoms with E-state index in [1.165, 1.54) is 0 Å². The van der Waals surface area contributed by atoms with E-state index in [-0.39, 0.29) is 0 Å². The molecule has 0 saturated carbocycles. The molecule has 9 heavy (non-hydrogen) atoms. The zero-order valence-electron chi connectivity index (χ0n) is 5.13. The fourth-order valence-electron chi connectivity index (χ4n) is 0.605. The number of aryl methyl sites for hydroxylation is 1. The molecule has 1 rings (SSSR count). The van der Waals surface area contributed by atoms with E-state index in [2.05, 4.69) is 21.0 Å². The molecule has 0 radical (unpaired) electrons. The quantitative estimate of drug-likeness (QED) is 0.724. The molecule has 0 spiro atoms. The van der Waals surface area contributed by atoms with Crippen LogP contribution in [0.15, 0.2) is 10.8 Å². The first-order valence-corrected chi connectivity index (χ1v) is 3.51. The summed E-state index contributed by atoms with van der Waals surface area (Å²) in [4.78, 5) is 0. The van der Waals surface area contributed by atoms with Crippen LogP contribution < -0.4 is 5.73 Å². The third kappa shape index (κ3) is 1.08. The Morgan fingerprint density at radius 2 is 2.56 bits per heavy atom. The molecule has 3 nitrogen and oxygen atoms in total. The standard InChI is InChI=1S/C5H8BrN3/c1-2-9-5(6)4(7)3-8-9/h3H,2,7H2,1H3. The van der Waals surface area contributed by atoms with Crippen molar-refractivity contribution in [2.75, 3.05) is 5.73 Å². The first-order valence-electron chi connectivity index (χ1n) is 2.72. The summed E-state index contributed by atoms with van der Waals surface area (Å²) >= 11 is 3.29. The molecular formula is C5H8BrN3. The van der Waals surface area contributed by atoms with Crippen LogP contribution in [0, 0.1) is 0 Å². The average Bonchev–Trinajstić information content (AvgIpc) is 2.15. The minimum Gasteiger partial charge on any atom is -0.395 e. The van der Waals surface area contributed by atoms with Crippen LogP contribution in [0.1, 0.15) is 6.92 Å². The number of nitrogens with zero attached hydrogens (tertiary/aromatic N) is 2. The molecule has 0 unspecified atom stereocenters. The SMILES string of the molecule is CCn1ncc(N)c1Br. The smallest absolute Gasteiger partial charge is 0.126 e. The minimum absolute atomic E-state index is 0.692. The lowest BCUT2D eigenvalue weighted by atomic mass is 10.6. The van der Waals surface area contributed by atoms with Gasteiger partial charge in [-0.15, -0.1) is 0 Å². The van der Waals surface area contributed by atoms with Crippen LogP contribution in [0.5, 0.6) is 0 Å². The molecule has 0 aliphatic heterocycles. The second kappa shape index (κ2) is 2.39.